The van der Waals surface area contributed by atoms with Crippen LogP contribution in [0.2, 0.25) is 0 Å². The Kier molecular flexibility index (Phi) is 4.72. The van der Waals surface area contributed by atoms with Gasteiger partial charge in [-0.05, 0) is 25.7 Å². The molecule has 0 bridgehead atoms. The molecule has 2 amide bonds. The molecule has 3 rings (SSSR count). The van der Waals surface area contributed by atoms with Crippen molar-refractivity contribution in [3.63, 3.8) is 0 Å². The quantitative estimate of drug-likeness (QED) is 0.938. The highest BCUT2D eigenvalue weighted by atomic mass is 32.1. The van der Waals surface area contributed by atoms with Crippen LogP contribution in [-0.4, -0.2) is 32.2 Å². The SMILES string of the molecule is CCCn1nccc1NC(=O)N1CCCCC1c1nccs1. The zero-order valence-electron chi connectivity index (χ0n) is 12.7. The van der Waals surface area contributed by atoms with Crippen molar-refractivity contribution in [2.24, 2.45) is 0 Å². The number of likely N-dealkylation sites (tertiary alicyclic amines) is 1. The van der Waals surface area contributed by atoms with Crippen LogP contribution < -0.4 is 5.32 Å². The number of nitrogens with zero attached hydrogens (tertiary/aromatic N) is 4. The predicted octanol–water partition coefficient (Wildman–Crippen LogP) is 3.51. The fourth-order valence-electron chi connectivity index (χ4n) is 2.84. The van der Waals surface area contributed by atoms with Crippen LogP contribution >= 0.6 is 11.3 Å². The second-order valence-corrected chi connectivity index (χ2v) is 6.37. The summed E-state index contributed by atoms with van der Waals surface area (Å²) < 4.78 is 1.83. The van der Waals surface area contributed by atoms with Gasteiger partial charge in [-0.15, -0.1) is 11.3 Å². The van der Waals surface area contributed by atoms with Crippen LogP contribution in [0.25, 0.3) is 0 Å². The number of hydrogen-bond donors (Lipinski definition) is 1. The second-order valence-electron chi connectivity index (χ2n) is 5.45. The van der Waals surface area contributed by atoms with Gasteiger partial charge in [0.05, 0.1) is 12.2 Å². The zero-order valence-corrected chi connectivity index (χ0v) is 13.6. The highest BCUT2D eigenvalue weighted by Gasteiger charge is 2.30. The summed E-state index contributed by atoms with van der Waals surface area (Å²) in [5, 5.41) is 10.2. The Morgan fingerprint density at radius 3 is 3.14 bits per heavy atom. The second kappa shape index (κ2) is 6.91. The van der Waals surface area contributed by atoms with E-state index in [0.29, 0.717) is 0 Å². The Labute approximate surface area is 134 Å². The molecule has 22 heavy (non-hydrogen) atoms. The van der Waals surface area contributed by atoms with E-state index in [9.17, 15) is 4.79 Å². The lowest BCUT2D eigenvalue weighted by atomic mass is 10.0. The van der Waals surface area contributed by atoms with Crippen LogP contribution in [0, 0.1) is 0 Å². The molecule has 7 heteroatoms. The lowest BCUT2D eigenvalue weighted by Crippen LogP contribution is -2.41. The highest BCUT2D eigenvalue weighted by molar-refractivity contribution is 7.09. The van der Waals surface area contributed by atoms with Gasteiger partial charge in [-0.2, -0.15) is 5.10 Å². The van der Waals surface area contributed by atoms with Crippen LogP contribution in [0.1, 0.15) is 43.7 Å². The van der Waals surface area contributed by atoms with E-state index < -0.39 is 0 Å². The van der Waals surface area contributed by atoms with E-state index in [1.54, 1.807) is 23.7 Å². The maximum absolute atomic E-state index is 12.7. The molecule has 1 aliphatic heterocycles. The third-order valence-corrected chi connectivity index (χ3v) is 4.76. The summed E-state index contributed by atoms with van der Waals surface area (Å²) in [6.45, 7) is 3.67. The monoisotopic (exact) mass is 319 g/mol. The minimum absolute atomic E-state index is 0.0576. The van der Waals surface area contributed by atoms with E-state index in [1.165, 1.54) is 0 Å². The van der Waals surface area contributed by atoms with Gasteiger partial charge in [0.25, 0.3) is 0 Å². The average molecular weight is 319 g/mol. The van der Waals surface area contributed by atoms with Gasteiger partial charge in [-0.1, -0.05) is 6.92 Å². The molecule has 1 unspecified atom stereocenters. The van der Waals surface area contributed by atoms with Crippen molar-refractivity contribution >= 4 is 23.2 Å². The van der Waals surface area contributed by atoms with Gasteiger partial charge >= 0.3 is 6.03 Å². The number of rotatable bonds is 4. The number of urea groups is 1. The first-order valence-corrected chi connectivity index (χ1v) is 8.66. The molecular weight excluding hydrogens is 298 g/mol. The normalized spacial score (nSPS) is 18.4. The molecule has 1 saturated heterocycles. The lowest BCUT2D eigenvalue weighted by Gasteiger charge is -2.34. The first-order valence-electron chi connectivity index (χ1n) is 7.78. The summed E-state index contributed by atoms with van der Waals surface area (Å²) in [7, 11) is 0. The maximum atomic E-state index is 12.7. The van der Waals surface area contributed by atoms with Crippen LogP contribution in [0.4, 0.5) is 10.6 Å². The third kappa shape index (κ3) is 3.14. The summed E-state index contributed by atoms with van der Waals surface area (Å²) in [5.41, 5.74) is 0. The summed E-state index contributed by atoms with van der Waals surface area (Å²) in [6, 6.07) is 1.88. The van der Waals surface area contributed by atoms with E-state index in [1.807, 2.05) is 21.0 Å². The van der Waals surface area contributed by atoms with Crippen molar-refractivity contribution in [3.05, 3.63) is 28.8 Å². The van der Waals surface area contributed by atoms with Gasteiger partial charge < -0.3 is 4.90 Å². The van der Waals surface area contributed by atoms with Gasteiger partial charge in [-0.25, -0.2) is 14.5 Å². The smallest absolute Gasteiger partial charge is 0.315 e. The maximum Gasteiger partial charge on any atom is 0.323 e. The van der Waals surface area contributed by atoms with Crippen LogP contribution in [0.5, 0.6) is 0 Å². The number of carbonyl (C=O) groups excluding carboxylic acids is 1. The molecule has 0 saturated carbocycles. The van der Waals surface area contributed by atoms with E-state index in [0.717, 1.165) is 49.6 Å². The predicted molar refractivity (Wildman–Crippen MR) is 86.9 cm³/mol. The van der Waals surface area contributed by atoms with Crippen molar-refractivity contribution in [1.29, 1.82) is 0 Å². The molecule has 0 spiro atoms. The molecule has 1 N–H and O–H groups in total. The number of aryl methyl sites for hydroxylation is 1. The molecule has 0 radical (unpaired) electrons. The van der Waals surface area contributed by atoms with Gasteiger partial charge in [0.2, 0.25) is 0 Å². The minimum atomic E-state index is -0.0576. The first-order chi connectivity index (χ1) is 10.8. The van der Waals surface area contributed by atoms with E-state index in [4.69, 9.17) is 0 Å². The van der Waals surface area contributed by atoms with Crippen LogP contribution in [-0.2, 0) is 6.54 Å². The Hall–Kier alpha value is -1.89. The largest absolute Gasteiger partial charge is 0.323 e. The lowest BCUT2D eigenvalue weighted by molar-refractivity contribution is 0.163. The standard InChI is InChI=1S/C15H21N5OS/c1-2-9-20-13(6-7-17-20)18-15(21)19-10-4-3-5-12(19)14-16-8-11-22-14/h6-8,11-12H,2-5,9-10H2,1H3,(H,18,21). The van der Waals surface area contributed by atoms with E-state index >= 15 is 0 Å². The van der Waals surface area contributed by atoms with Gasteiger partial charge in [0.15, 0.2) is 0 Å². The fraction of sp³-hybridized carbons (Fsp3) is 0.533. The molecule has 3 heterocycles. The Morgan fingerprint density at radius 2 is 2.36 bits per heavy atom. The van der Waals surface area contributed by atoms with Crippen LogP contribution in [0.3, 0.4) is 0 Å². The van der Waals surface area contributed by atoms with Crippen molar-refractivity contribution in [2.45, 2.75) is 45.2 Å². The van der Waals surface area contributed by atoms with Crippen LogP contribution in [0.15, 0.2) is 23.8 Å². The molecule has 2 aromatic heterocycles. The number of piperidine rings is 1. The summed E-state index contributed by atoms with van der Waals surface area (Å²) in [5.74, 6) is 0.760. The molecular formula is C15H21N5OS. The van der Waals surface area contributed by atoms with Gasteiger partial charge in [0, 0.05) is 30.7 Å². The van der Waals surface area contributed by atoms with Gasteiger partial charge in [-0.3, -0.25) is 5.32 Å². The van der Waals surface area contributed by atoms with E-state index in [2.05, 4.69) is 22.3 Å². The first kappa shape index (κ1) is 15.0. The number of amides is 2. The molecule has 6 nitrogen and oxygen atoms in total. The molecule has 0 aliphatic carbocycles. The minimum Gasteiger partial charge on any atom is -0.315 e. The Morgan fingerprint density at radius 1 is 1.45 bits per heavy atom. The molecule has 118 valence electrons. The van der Waals surface area contributed by atoms with Crippen molar-refractivity contribution in [3.8, 4) is 0 Å². The number of aromatic nitrogens is 3. The number of carbonyl (C=O) groups is 1. The van der Waals surface area contributed by atoms with Crippen molar-refractivity contribution in [2.75, 3.05) is 11.9 Å². The summed E-state index contributed by atoms with van der Waals surface area (Å²) in [4.78, 5) is 19.0. The zero-order chi connectivity index (χ0) is 15.4. The van der Waals surface area contributed by atoms with E-state index in [-0.39, 0.29) is 12.1 Å². The Balaban J connectivity index is 1.73. The molecule has 1 fully saturated rings. The number of thiazole rings is 1. The molecule has 1 atom stereocenters. The fourth-order valence-corrected chi connectivity index (χ4v) is 3.63. The number of hydrogen-bond acceptors (Lipinski definition) is 4. The third-order valence-electron chi connectivity index (χ3n) is 3.89. The van der Waals surface area contributed by atoms with Crippen molar-refractivity contribution < 1.29 is 4.79 Å². The van der Waals surface area contributed by atoms with Crippen molar-refractivity contribution in [1.82, 2.24) is 19.7 Å². The Bertz CT molecular complexity index is 609. The highest BCUT2D eigenvalue weighted by Crippen LogP contribution is 2.32. The summed E-state index contributed by atoms with van der Waals surface area (Å²) >= 11 is 1.62. The topological polar surface area (TPSA) is 63.1 Å². The molecule has 0 aromatic carbocycles. The average Bonchev–Trinajstić information content (AvgIpc) is 3.20. The number of nitrogens with one attached hydrogen (secondary N) is 1. The number of anilines is 1. The molecule has 1 aliphatic rings. The van der Waals surface area contributed by atoms with Gasteiger partial charge in [0.1, 0.15) is 10.8 Å². The summed E-state index contributed by atoms with van der Waals surface area (Å²) in [6.07, 6.45) is 7.68. The molecule has 2 aromatic rings.